The van der Waals surface area contributed by atoms with Crippen molar-refractivity contribution in [2.75, 3.05) is 43.5 Å². The third-order valence-electron chi connectivity index (χ3n) is 4.54. The van der Waals surface area contributed by atoms with Gasteiger partial charge >= 0.3 is 12.0 Å². The van der Waals surface area contributed by atoms with Crippen molar-refractivity contribution in [3.63, 3.8) is 0 Å². The normalized spacial score (nSPS) is 13.6. The lowest BCUT2D eigenvalue weighted by Crippen LogP contribution is -2.50. The summed E-state index contributed by atoms with van der Waals surface area (Å²) in [5.74, 6) is -0.418. The fraction of sp³-hybridized carbons (Fsp3) is 0.250. The van der Waals surface area contributed by atoms with Crippen LogP contribution in [0.1, 0.15) is 15.9 Å². The molecular formula is C20H19ClN4O3. The Hall–Kier alpha value is -3.24. The average molecular weight is 399 g/mol. The van der Waals surface area contributed by atoms with E-state index >= 15 is 0 Å². The molecule has 0 bridgehead atoms. The molecule has 0 aromatic heterocycles. The summed E-state index contributed by atoms with van der Waals surface area (Å²) in [4.78, 5) is 28.0. The Morgan fingerprint density at radius 1 is 1.11 bits per heavy atom. The van der Waals surface area contributed by atoms with Crippen LogP contribution in [0.15, 0.2) is 42.5 Å². The number of carbonyl (C=O) groups is 2. The number of nitrogens with one attached hydrogen (secondary N) is 1. The predicted molar refractivity (Wildman–Crippen MR) is 107 cm³/mol. The second kappa shape index (κ2) is 8.63. The first-order valence-corrected chi connectivity index (χ1v) is 9.08. The number of hydrogen-bond acceptors (Lipinski definition) is 5. The van der Waals surface area contributed by atoms with Crippen molar-refractivity contribution in [3.8, 4) is 6.07 Å². The molecule has 1 fully saturated rings. The zero-order chi connectivity index (χ0) is 20.1. The third-order valence-corrected chi connectivity index (χ3v) is 4.86. The molecule has 7 nitrogen and oxygen atoms in total. The lowest BCUT2D eigenvalue weighted by atomic mass is 10.1. The van der Waals surface area contributed by atoms with E-state index in [1.54, 1.807) is 47.4 Å². The van der Waals surface area contributed by atoms with Crippen molar-refractivity contribution >= 4 is 35.0 Å². The second-order valence-corrected chi connectivity index (χ2v) is 6.66. The topological polar surface area (TPSA) is 85.7 Å². The minimum absolute atomic E-state index is 0.196. The molecule has 0 saturated carbocycles. The van der Waals surface area contributed by atoms with Crippen LogP contribution in [-0.4, -0.2) is 50.2 Å². The summed E-state index contributed by atoms with van der Waals surface area (Å²) in [6.45, 7) is 2.21. The number of hydrogen-bond donors (Lipinski definition) is 1. The molecule has 1 aliphatic heterocycles. The fourth-order valence-electron chi connectivity index (χ4n) is 2.98. The second-order valence-electron chi connectivity index (χ2n) is 6.25. The molecule has 0 spiro atoms. The third kappa shape index (κ3) is 4.35. The zero-order valence-corrected chi connectivity index (χ0v) is 16.1. The number of benzene rings is 2. The van der Waals surface area contributed by atoms with E-state index in [4.69, 9.17) is 21.6 Å². The van der Waals surface area contributed by atoms with Crippen molar-refractivity contribution in [2.45, 2.75) is 0 Å². The minimum Gasteiger partial charge on any atom is -0.465 e. The van der Waals surface area contributed by atoms with E-state index in [2.05, 4.69) is 5.32 Å². The number of nitrogens with zero attached hydrogens (tertiary/aromatic N) is 3. The van der Waals surface area contributed by atoms with Crippen molar-refractivity contribution in [1.82, 2.24) is 4.90 Å². The van der Waals surface area contributed by atoms with Crippen molar-refractivity contribution < 1.29 is 14.3 Å². The minimum atomic E-state index is -0.418. The first-order chi connectivity index (χ1) is 13.5. The number of ether oxygens (including phenoxy) is 1. The Morgan fingerprint density at radius 2 is 1.79 bits per heavy atom. The van der Waals surface area contributed by atoms with E-state index in [1.165, 1.54) is 7.11 Å². The molecule has 144 valence electrons. The quantitative estimate of drug-likeness (QED) is 0.801. The lowest BCUT2D eigenvalue weighted by molar-refractivity contribution is 0.0600. The maximum Gasteiger partial charge on any atom is 0.337 e. The number of amides is 2. The summed E-state index contributed by atoms with van der Waals surface area (Å²) < 4.78 is 4.76. The Balaban J connectivity index is 1.61. The van der Waals surface area contributed by atoms with Crippen LogP contribution in [0, 0.1) is 11.3 Å². The molecule has 28 heavy (non-hydrogen) atoms. The number of methoxy groups -OCH3 is 1. The number of nitriles is 1. The highest BCUT2D eigenvalue weighted by atomic mass is 35.5. The van der Waals surface area contributed by atoms with E-state index in [1.807, 2.05) is 11.0 Å². The smallest absolute Gasteiger partial charge is 0.337 e. The van der Waals surface area contributed by atoms with Crippen molar-refractivity contribution in [2.24, 2.45) is 0 Å². The Bertz CT molecular complexity index is 916. The number of urea groups is 1. The molecule has 8 heteroatoms. The van der Waals surface area contributed by atoms with Crippen LogP contribution in [0.5, 0.6) is 0 Å². The maximum atomic E-state index is 12.5. The Morgan fingerprint density at radius 3 is 2.39 bits per heavy atom. The van der Waals surface area contributed by atoms with Gasteiger partial charge in [-0.15, -0.1) is 0 Å². The van der Waals surface area contributed by atoms with Gasteiger partial charge in [-0.3, -0.25) is 0 Å². The van der Waals surface area contributed by atoms with E-state index in [0.29, 0.717) is 48.0 Å². The zero-order valence-electron chi connectivity index (χ0n) is 15.3. The number of piperazine rings is 1. The summed E-state index contributed by atoms with van der Waals surface area (Å²) >= 11 is 6.30. The van der Waals surface area contributed by atoms with E-state index in [0.717, 1.165) is 5.69 Å². The van der Waals surface area contributed by atoms with Gasteiger partial charge in [-0.05, 0) is 42.5 Å². The monoisotopic (exact) mass is 398 g/mol. The van der Waals surface area contributed by atoms with Crippen LogP contribution in [0.25, 0.3) is 0 Å². The highest BCUT2D eigenvalue weighted by Gasteiger charge is 2.23. The van der Waals surface area contributed by atoms with Crippen LogP contribution in [0.4, 0.5) is 16.2 Å². The molecule has 1 heterocycles. The molecule has 1 saturated heterocycles. The molecule has 2 aromatic rings. The molecule has 1 N–H and O–H groups in total. The average Bonchev–Trinajstić information content (AvgIpc) is 2.74. The van der Waals surface area contributed by atoms with Crippen LogP contribution in [0.2, 0.25) is 5.02 Å². The van der Waals surface area contributed by atoms with E-state index < -0.39 is 5.97 Å². The van der Waals surface area contributed by atoms with Gasteiger partial charge in [0.2, 0.25) is 0 Å². The highest BCUT2D eigenvalue weighted by Crippen LogP contribution is 2.28. The molecular weight excluding hydrogens is 380 g/mol. The number of halogens is 1. The molecule has 2 aromatic carbocycles. The standard InChI is InChI=1S/C20H19ClN4O3/c1-28-19(26)15-4-7-17(21)18(12-15)24-8-10-25(11-9-24)20(27)23-16-5-2-14(13-22)3-6-16/h2-7,12H,8-11H2,1H3,(H,23,27). The molecule has 1 aliphatic rings. The number of rotatable bonds is 3. The van der Waals surface area contributed by atoms with E-state index in [9.17, 15) is 9.59 Å². The molecule has 0 atom stereocenters. The fourth-order valence-corrected chi connectivity index (χ4v) is 3.22. The first-order valence-electron chi connectivity index (χ1n) is 8.70. The van der Waals surface area contributed by atoms with Gasteiger partial charge < -0.3 is 19.9 Å². The van der Waals surface area contributed by atoms with Crippen LogP contribution in [0.3, 0.4) is 0 Å². The summed E-state index contributed by atoms with van der Waals surface area (Å²) in [7, 11) is 1.34. The summed E-state index contributed by atoms with van der Waals surface area (Å²) in [5.41, 5.74) is 2.36. The largest absolute Gasteiger partial charge is 0.465 e. The SMILES string of the molecule is COC(=O)c1ccc(Cl)c(N2CCN(C(=O)Nc3ccc(C#N)cc3)CC2)c1. The molecule has 0 aliphatic carbocycles. The number of esters is 1. The Labute approximate surface area is 168 Å². The van der Waals surface area contributed by atoms with Gasteiger partial charge in [-0.2, -0.15) is 5.26 Å². The van der Waals surface area contributed by atoms with Gasteiger partial charge in [0, 0.05) is 31.9 Å². The van der Waals surface area contributed by atoms with E-state index in [-0.39, 0.29) is 6.03 Å². The summed E-state index contributed by atoms with van der Waals surface area (Å²) in [5, 5.41) is 12.2. The molecule has 2 amide bonds. The number of anilines is 2. The molecule has 0 radical (unpaired) electrons. The number of carbonyl (C=O) groups excluding carboxylic acids is 2. The van der Waals surface area contributed by atoms with Crippen LogP contribution < -0.4 is 10.2 Å². The predicted octanol–water partition coefficient (Wildman–Crippen LogP) is 3.35. The highest BCUT2D eigenvalue weighted by molar-refractivity contribution is 6.33. The van der Waals surface area contributed by atoms with Gasteiger partial charge in [0.05, 0.1) is 35.0 Å². The first kappa shape index (κ1) is 19.5. The molecule has 3 rings (SSSR count). The maximum absolute atomic E-state index is 12.5. The summed E-state index contributed by atoms with van der Waals surface area (Å²) in [6.07, 6.45) is 0. The van der Waals surface area contributed by atoms with Crippen LogP contribution >= 0.6 is 11.6 Å². The van der Waals surface area contributed by atoms with Gasteiger partial charge in [-0.25, -0.2) is 9.59 Å². The molecule has 0 unspecified atom stereocenters. The van der Waals surface area contributed by atoms with Gasteiger partial charge in [0.25, 0.3) is 0 Å². The Kier molecular flexibility index (Phi) is 6.02. The van der Waals surface area contributed by atoms with Gasteiger partial charge in [0.1, 0.15) is 0 Å². The van der Waals surface area contributed by atoms with Crippen LogP contribution in [-0.2, 0) is 4.74 Å². The summed E-state index contributed by atoms with van der Waals surface area (Å²) in [6, 6.07) is 13.6. The van der Waals surface area contributed by atoms with Gasteiger partial charge in [0.15, 0.2) is 0 Å². The lowest BCUT2D eigenvalue weighted by Gasteiger charge is -2.36. The van der Waals surface area contributed by atoms with Gasteiger partial charge in [-0.1, -0.05) is 11.6 Å². The van der Waals surface area contributed by atoms with Crippen molar-refractivity contribution in [3.05, 3.63) is 58.6 Å². The van der Waals surface area contributed by atoms with Crippen molar-refractivity contribution in [1.29, 1.82) is 5.26 Å².